The first-order chi connectivity index (χ1) is 9.35. The minimum absolute atomic E-state index is 0.192. The average Bonchev–Trinajstić information content (AvgIpc) is 2.34. The Morgan fingerprint density at radius 1 is 1.25 bits per heavy atom. The van der Waals surface area contributed by atoms with Gasteiger partial charge < -0.3 is 15.7 Å². The van der Waals surface area contributed by atoms with Gasteiger partial charge in [-0.2, -0.15) is 0 Å². The molecule has 0 aliphatic rings. The van der Waals surface area contributed by atoms with Crippen molar-refractivity contribution in [2.24, 2.45) is 5.92 Å². The van der Waals surface area contributed by atoms with E-state index in [1.807, 2.05) is 5.32 Å². The molecule has 0 heterocycles. The second-order valence-corrected chi connectivity index (χ2v) is 4.02. The van der Waals surface area contributed by atoms with E-state index in [-0.39, 0.29) is 13.0 Å². The summed E-state index contributed by atoms with van der Waals surface area (Å²) in [6.07, 6.45) is 0.287. The van der Waals surface area contributed by atoms with E-state index in [4.69, 9.17) is 5.11 Å². The first-order valence-corrected chi connectivity index (χ1v) is 5.77. The van der Waals surface area contributed by atoms with Crippen LogP contribution in [0.4, 0.5) is 23.7 Å². The van der Waals surface area contributed by atoms with Crippen molar-refractivity contribution >= 4 is 17.7 Å². The third-order valence-corrected chi connectivity index (χ3v) is 2.60. The van der Waals surface area contributed by atoms with E-state index in [0.717, 1.165) is 0 Å². The summed E-state index contributed by atoms with van der Waals surface area (Å²) >= 11 is 0. The Morgan fingerprint density at radius 2 is 1.80 bits per heavy atom. The number of halogens is 3. The summed E-state index contributed by atoms with van der Waals surface area (Å²) in [4.78, 5) is 22.1. The van der Waals surface area contributed by atoms with E-state index in [9.17, 15) is 22.8 Å². The monoisotopic (exact) mass is 290 g/mol. The van der Waals surface area contributed by atoms with Crippen molar-refractivity contribution in [1.29, 1.82) is 0 Å². The topological polar surface area (TPSA) is 78.4 Å². The molecule has 0 aliphatic heterocycles. The normalized spacial score (nSPS) is 11.8. The van der Waals surface area contributed by atoms with Crippen molar-refractivity contribution in [1.82, 2.24) is 5.32 Å². The van der Waals surface area contributed by atoms with Gasteiger partial charge in [0.2, 0.25) is 0 Å². The number of aliphatic carboxylic acids is 1. The lowest BCUT2D eigenvalue weighted by Crippen LogP contribution is -2.35. The maximum Gasteiger partial charge on any atom is 0.319 e. The molecule has 3 N–H and O–H groups in total. The number of urea groups is 1. The highest BCUT2D eigenvalue weighted by molar-refractivity contribution is 5.89. The van der Waals surface area contributed by atoms with Crippen LogP contribution in [0.2, 0.25) is 0 Å². The SMILES string of the molecule is CCC(CNC(=O)Nc1c(F)cc(F)cc1F)C(=O)O. The molecule has 0 bridgehead atoms. The highest BCUT2D eigenvalue weighted by Gasteiger charge is 2.18. The number of rotatable bonds is 5. The Bertz CT molecular complexity index is 500. The fourth-order valence-electron chi connectivity index (χ4n) is 1.44. The van der Waals surface area contributed by atoms with Crippen LogP contribution in [0, 0.1) is 23.4 Å². The van der Waals surface area contributed by atoms with Crippen molar-refractivity contribution in [2.45, 2.75) is 13.3 Å². The summed E-state index contributed by atoms with van der Waals surface area (Å²) in [6, 6.07) is -0.135. The van der Waals surface area contributed by atoms with Crippen molar-refractivity contribution in [3.63, 3.8) is 0 Å². The number of hydrogen-bond acceptors (Lipinski definition) is 2. The van der Waals surface area contributed by atoms with Gasteiger partial charge in [-0.25, -0.2) is 18.0 Å². The number of nitrogens with one attached hydrogen (secondary N) is 2. The van der Waals surface area contributed by atoms with E-state index in [0.29, 0.717) is 12.1 Å². The second kappa shape index (κ2) is 6.78. The number of carboxylic acid groups (broad SMARTS) is 1. The van der Waals surface area contributed by atoms with Crippen molar-refractivity contribution in [3.05, 3.63) is 29.6 Å². The van der Waals surface area contributed by atoms with Gasteiger partial charge in [0.05, 0.1) is 5.92 Å². The molecule has 0 spiro atoms. The Balaban J connectivity index is 2.66. The fraction of sp³-hybridized carbons (Fsp3) is 0.333. The molecule has 2 amide bonds. The Morgan fingerprint density at radius 3 is 2.25 bits per heavy atom. The molecule has 0 fully saturated rings. The minimum atomic E-state index is -1.26. The van der Waals surface area contributed by atoms with E-state index in [1.165, 1.54) is 0 Å². The number of carbonyl (C=O) groups excluding carboxylic acids is 1. The zero-order valence-corrected chi connectivity index (χ0v) is 10.5. The first kappa shape index (κ1) is 15.8. The van der Waals surface area contributed by atoms with Crippen LogP contribution in [-0.4, -0.2) is 23.7 Å². The molecule has 0 aliphatic carbocycles. The molecule has 1 atom stereocenters. The molecule has 1 rings (SSSR count). The standard InChI is InChI=1S/C12H13F3N2O3/c1-2-6(11(18)19)5-16-12(20)17-10-8(14)3-7(13)4-9(10)15/h3-4,6H,2,5H2,1H3,(H,18,19)(H2,16,17,20). The fourth-order valence-corrected chi connectivity index (χ4v) is 1.44. The van der Waals surface area contributed by atoms with Gasteiger partial charge in [-0.1, -0.05) is 6.92 Å². The van der Waals surface area contributed by atoms with Crippen LogP contribution < -0.4 is 10.6 Å². The Kier molecular flexibility index (Phi) is 5.36. The summed E-state index contributed by atoms with van der Waals surface area (Å²) < 4.78 is 39.2. The van der Waals surface area contributed by atoms with Gasteiger partial charge in [0.15, 0.2) is 11.6 Å². The van der Waals surface area contributed by atoms with Crippen LogP contribution in [-0.2, 0) is 4.79 Å². The third-order valence-electron chi connectivity index (χ3n) is 2.60. The molecule has 110 valence electrons. The molecule has 5 nitrogen and oxygen atoms in total. The molecule has 0 saturated heterocycles. The summed E-state index contributed by atoms with van der Waals surface area (Å²) in [7, 11) is 0. The smallest absolute Gasteiger partial charge is 0.319 e. The van der Waals surface area contributed by atoms with Crippen molar-refractivity contribution in [2.75, 3.05) is 11.9 Å². The third kappa shape index (κ3) is 4.15. The van der Waals surface area contributed by atoms with Crippen LogP contribution >= 0.6 is 0 Å². The lowest BCUT2D eigenvalue weighted by atomic mass is 10.1. The average molecular weight is 290 g/mol. The molecule has 1 unspecified atom stereocenters. The molecule has 0 saturated carbocycles. The number of amides is 2. The predicted octanol–water partition coefficient (Wildman–Crippen LogP) is 2.34. The lowest BCUT2D eigenvalue weighted by Gasteiger charge is -2.12. The van der Waals surface area contributed by atoms with E-state index >= 15 is 0 Å². The summed E-state index contributed by atoms with van der Waals surface area (Å²) in [5.74, 6) is -5.52. The largest absolute Gasteiger partial charge is 0.481 e. The van der Waals surface area contributed by atoms with Crippen LogP contribution in [0.15, 0.2) is 12.1 Å². The quantitative estimate of drug-likeness (QED) is 0.778. The first-order valence-electron chi connectivity index (χ1n) is 5.77. The summed E-state index contributed by atoms with van der Waals surface area (Å²) in [6.45, 7) is 1.43. The number of hydrogen-bond donors (Lipinski definition) is 3. The summed E-state index contributed by atoms with van der Waals surface area (Å²) in [5.41, 5.74) is -0.799. The van der Waals surface area contributed by atoms with Gasteiger partial charge in [-0.05, 0) is 6.42 Å². The summed E-state index contributed by atoms with van der Waals surface area (Å²) in [5, 5.41) is 12.8. The lowest BCUT2D eigenvalue weighted by molar-refractivity contribution is -0.141. The maximum absolute atomic E-state index is 13.2. The van der Waals surface area contributed by atoms with Crippen molar-refractivity contribution in [3.8, 4) is 0 Å². The van der Waals surface area contributed by atoms with Gasteiger partial charge in [0.1, 0.15) is 11.5 Å². The van der Waals surface area contributed by atoms with Crippen LogP contribution in [0.25, 0.3) is 0 Å². The van der Waals surface area contributed by atoms with Gasteiger partial charge in [-0.3, -0.25) is 4.79 Å². The highest BCUT2D eigenvalue weighted by atomic mass is 19.1. The van der Waals surface area contributed by atoms with Gasteiger partial charge in [0.25, 0.3) is 0 Å². The Hall–Kier alpha value is -2.25. The molecule has 1 aromatic carbocycles. The van der Waals surface area contributed by atoms with Gasteiger partial charge >= 0.3 is 12.0 Å². The molecule has 1 aromatic rings. The number of anilines is 1. The van der Waals surface area contributed by atoms with Crippen LogP contribution in [0.1, 0.15) is 13.3 Å². The minimum Gasteiger partial charge on any atom is -0.481 e. The van der Waals surface area contributed by atoms with Crippen LogP contribution in [0.5, 0.6) is 0 Å². The zero-order valence-electron chi connectivity index (χ0n) is 10.5. The van der Waals surface area contributed by atoms with E-state index in [2.05, 4.69) is 5.32 Å². The maximum atomic E-state index is 13.2. The number of carboxylic acids is 1. The molecule has 0 aromatic heterocycles. The zero-order chi connectivity index (χ0) is 15.3. The molecule has 8 heteroatoms. The van der Waals surface area contributed by atoms with E-state index < -0.39 is 41.1 Å². The van der Waals surface area contributed by atoms with Crippen molar-refractivity contribution < 1.29 is 27.9 Å². The van der Waals surface area contributed by atoms with E-state index in [1.54, 1.807) is 6.92 Å². The molecule has 20 heavy (non-hydrogen) atoms. The van der Waals surface area contributed by atoms with Gasteiger partial charge in [0, 0.05) is 18.7 Å². The number of carbonyl (C=O) groups is 2. The Labute approximate surface area is 112 Å². The predicted molar refractivity (Wildman–Crippen MR) is 64.8 cm³/mol. The van der Waals surface area contributed by atoms with Gasteiger partial charge in [-0.15, -0.1) is 0 Å². The van der Waals surface area contributed by atoms with Crippen LogP contribution in [0.3, 0.4) is 0 Å². The molecular formula is C12H13F3N2O3. The molecule has 0 radical (unpaired) electrons. The second-order valence-electron chi connectivity index (χ2n) is 4.02. The number of benzene rings is 1. The molecular weight excluding hydrogens is 277 g/mol. The highest BCUT2D eigenvalue weighted by Crippen LogP contribution is 2.19.